The van der Waals surface area contributed by atoms with Crippen molar-refractivity contribution in [3.63, 3.8) is 0 Å². The fraction of sp³-hybridized carbons (Fsp3) is 0.737. The van der Waals surface area contributed by atoms with Gasteiger partial charge in [0.15, 0.2) is 11.6 Å². The molecule has 2 N–H and O–H groups in total. The molecule has 0 unspecified atom stereocenters. The number of nitrogens with zero attached hydrogens (tertiary/aromatic N) is 5. The molecular weight excluding hydrogens is 358 g/mol. The number of aryl methyl sites for hydroxylation is 1. The van der Waals surface area contributed by atoms with Gasteiger partial charge in [0.2, 0.25) is 5.89 Å². The normalized spacial score (nSPS) is 19.6. The second-order valence-electron chi connectivity index (χ2n) is 8.34. The summed E-state index contributed by atoms with van der Waals surface area (Å²) < 4.78 is 6.62. The van der Waals surface area contributed by atoms with Crippen LogP contribution in [0.15, 0.2) is 4.52 Å². The molecule has 2 aromatic rings. The number of aromatic nitrogens is 5. The van der Waals surface area contributed by atoms with E-state index in [9.17, 15) is 4.79 Å². The van der Waals surface area contributed by atoms with Gasteiger partial charge < -0.3 is 9.84 Å². The lowest BCUT2D eigenvalue weighted by Gasteiger charge is -2.43. The topological polar surface area (TPSA) is 111 Å². The molecule has 0 aromatic carbocycles. The average molecular weight is 387 g/mol. The minimum Gasteiger partial charge on any atom is -0.340 e. The van der Waals surface area contributed by atoms with E-state index < -0.39 is 0 Å². The zero-order valence-electron chi connectivity index (χ0n) is 16.7. The maximum Gasteiger partial charge on any atom is 0.320 e. The Morgan fingerprint density at radius 3 is 2.61 bits per heavy atom. The average Bonchev–Trinajstić information content (AvgIpc) is 3.25. The number of carbonyl (C=O) groups is 1. The summed E-state index contributed by atoms with van der Waals surface area (Å²) in [5, 5.41) is 18.0. The highest BCUT2D eigenvalue weighted by Crippen LogP contribution is 2.47. The number of urea groups is 1. The van der Waals surface area contributed by atoms with Crippen molar-refractivity contribution in [3.8, 4) is 0 Å². The zero-order valence-corrected chi connectivity index (χ0v) is 16.7. The maximum atomic E-state index is 12.4. The molecule has 0 bridgehead atoms. The van der Waals surface area contributed by atoms with Crippen molar-refractivity contribution >= 4 is 11.8 Å². The number of rotatable bonds is 4. The first-order chi connectivity index (χ1) is 13.5. The van der Waals surface area contributed by atoms with Crippen molar-refractivity contribution in [2.75, 3.05) is 5.32 Å². The Kier molecular flexibility index (Phi) is 5.32. The number of carbonyl (C=O) groups excluding carboxylic acids is 1. The van der Waals surface area contributed by atoms with Gasteiger partial charge in [-0.05, 0) is 50.9 Å². The molecule has 28 heavy (non-hydrogen) atoms. The lowest BCUT2D eigenvalue weighted by molar-refractivity contribution is 0.109. The third-order valence-electron chi connectivity index (χ3n) is 6.37. The van der Waals surface area contributed by atoms with E-state index in [1.807, 2.05) is 6.92 Å². The number of hydrogen-bond acceptors (Lipinski definition) is 6. The molecule has 2 amide bonds. The van der Waals surface area contributed by atoms with Crippen LogP contribution in [-0.2, 0) is 6.54 Å². The summed E-state index contributed by atoms with van der Waals surface area (Å²) in [6.45, 7) is 3.95. The first kappa shape index (κ1) is 18.9. The van der Waals surface area contributed by atoms with Gasteiger partial charge in [0.1, 0.15) is 6.54 Å². The monoisotopic (exact) mass is 387 g/mol. The third kappa shape index (κ3) is 4.18. The van der Waals surface area contributed by atoms with Crippen molar-refractivity contribution < 1.29 is 9.32 Å². The molecule has 9 nitrogen and oxygen atoms in total. The van der Waals surface area contributed by atoms with Gasteiger partial charge in [-0.3, -0.25) is 5.32 Å². The summed E-state index contributed by atoms with van der Waals surface area (Å²) in [4.78, 5) is 16.6. The molecule has 2 aliphatic rings. The molecule has 9 heteroatoms. The molecule has 2 saturated carbocycles. The van der Waals surface area contributed by atoms with Gasteiger partial charge in [-0.15, -0.1) is 5.10 Å². The summed E-state index contributed by atoms with van der Waals surface area (Å²) >= 11 is 0. The number of nitrogens with one attached hydrogen (secondary N) is 2. The lowest BCUT2D eigenvalue weighted by atomic mass is 9.64. The SMILES string of the molecule is Cc1nc(Cn2nnc(NC(=O)NC3CCC4(CCCCC4)CC3)c2C)no1. The van der Waals surface area contributed by atoms with E-state index in [4.69, 9.17) is 4.52 Å². The van der Waals surface area contributed by atoms with E-state index >= 15 is 0 Å². The molecular formula is C19H29N7O2. The number of amides is 2. The summed E-state index contributed by atoms with van der Waals surface area (Å²) in [5.41, 5.74) is 1.31. The Bertz CT molecular complexity index is 812. The number of hydrogen-bond donors (Lipinski definition) is 2. The van der Waals surface area contributed by atoms with E-state index in [1.54, 1.807) is 11.6 Å². The molecule has 2 heterocycles. The van der Waals surface area contributed by atoms with Gasteiger partial charge in [-0.25, -0.2) is 9.48 Å². The van der Waals surface area contributed by atoms with Crippen LogP contribution >= 0.6 is 0 Å². The summed E-state index contributed by atoms with van der Waals surface area (Å²) in [6.07, 6.45) is 11.5. The fourth-order valence-corrected chi connectivity index (χ4v) is 4.67. The van der Waals surface area contributed by atoms with Crippen LogP contribution < -0.4 is 10.6 Å². The fourth-order valence-electron chi connectivity index (χ4n) is 4.67. The maximum absolute atomic E-state index is 12.4. The van der Waals surface area contributed by atoms with E-state index in [0.717, 1.165) is 18.5 Å². The molecule has 0 saturated heterocycles. The van der Waals surface area contributed by atoms with Crippen LogP contribution in [0.3, 0.4) is 0 Å². The summed E-state index contributed by atoms with van der Waals surface area (Å²) in [6, 6.07) is 0.0281. The van der Waals surface area contributed by atoms with Gasteiger partial charge in [0.05, 0.1) is 5.69 Å². The Labute approximate surface area is 164 Å². The lowest BCUT2D eigenvalue weighted by Crippen LogP contribution is -2.43. The smallest absolute Gasteiger partial charge is 0.320 e. The Morgan fingerprint density at radius 2 is 1.93 bits per heavy atom. The second kappa shape index (κ2) is 7.89. The quantitative estimate of drug-likeness (QED) is 0.832. The molecule has 152 valence electrons. The van der Waals surface area contributed by atoms with Crippen LogP contribution in [0.4, 0.5) is 10.6 Å². The molecule has 0 radical (unpaired) electrons. The predicted molar refractivity (Wildman–Crippen MR) is 103 cm³/mol. The third-order valence-corrected chi connectivity index (χ3v) is 6.37. The molecule has 0 atom stereocenters. The second-order valence-corrected chi connectivity index (χ2v) is 8.34. The van der Waals surface area contributed by atoms with Gasteiger partial charge in [0.25, 0.3) is 0 Å². The first-order valence-corrected chi connectivity index (χ1v) is 10.3. The first-order valence-electron chi connectivity index (χ1n) is 10.3. The van der Waals surface area contributed by atoms with Crippen molar-refractivity contribution in [2.45, 2.75) is 84.2 Å². The van der Waals surface area contributed by atoms with E-state index in [0.29, 0.717) is 29.5 Å². The highest BCUT2D eigenvalue weighted by molar-refractivity contribution is 5.88. The summed E-state index contributed by atoms with van der Waals surface area (Å²) in [7, 11) is 0. The molecule has 2 aromatic heterocycles. The molecule has 2 fully saturated rings. The van der Waals surface area contributed by atoms with Crippen LogP contribution in [0.25, 0.3) is 0 Å². The Morgan fingerprint density at radius 1 is 1.18 bits per heavy atom. The van der Waals surface area contributed by atoms with E-state index in [1.165, 1.54) is 44.9 Å². The van der Waals surface area contributed by atoms with Crippen LogP contribution in [0.2, 0.25) is 0 Å². The predicted octanol–water partition coefficient (Wildman–Crippen LogP) is 3.34. The van der Waals surface area contributed by atoms with Crippen LogP contribution in [0, 0.1) is 19.3 Å². The Hall–Kier alpha value is -2.45. The van der Waals surface area contributed by atoms with Crippen molar-refractivity contribution in [1.82, 2.24) is 30.5 Å². The van der Waals surface area contributed by atoms with Gasteiger partial charge in [-0.1, -0.05) is 29.6 Å². The van der Waals surface area contributed by atoms with Gasteiger partial charge in [-0.2, -0.15) is 4.98 Å². The van der Waals surface area contributed by atoms with Gasteiger partial charge >= 0.3 is 6.03 Å². The van der Waals surface area contributed by atoms with Crippen LogP contribution in [-0.4, -0.2) is 37.2 Å². The molecule has 4 rings (SSSR count). The molecule has 0 aliphatic heterocycles. The van der Waals surface area contributed by atoms with E-state index in [-0.39, 0.29) is 12.1 Å². The van der Waals surface area contributed by atoms with Crippen molar-refractivity contribution in [2.24, 2.45) is 5.41 Å². The zero-order chi connectivity index (χ0) is 19.6. The Balaban J connectivity index is 1.28. The molecule has 2 aliphatic carbocycles. The van der Waals surface area contributed by atoms with Crippen LogP contribution in [0.1, 0.15) is 75.2 Å². The molecule has 1 spiro atoms. The van der Waals surface area contributed by atoms with Crippen LogP contribution in [0.5, 0.6) is 0 Å². The minimum atomic E-state index is -0.213. The van der Waals surface area contributed by atoms with E-state index in [2.05, 4.69) is 31.1 Å². The highest BCUT2D eigenvalue weighted by Gasteiger charge is 2.36. The van der Waals surface area contributed by atoms with Crippen molar-refractivity contribution in [3.05, 3.63) is 17.4 Å². The summed E-state index contributed by atoms with van der Waals surface area (Å²) in [5.74, 6) is 1.49. The minimum absolute atomic E-state index is 0.213. The van der Waals surface area contributed by atoms with Gasteiger partial charge in [0, 0.05) is 13.0 Å². The standard InChI is InChI=1S/C19H29N7O2/c1-13-17(23-25-26(13)12-16-20-14(2)28-24-16)22-18(27)21-15-6-10-19(11-7-15)8-4-3-5-9-19/h15H,3-12H2,1-2H3,(H2,21,22,27). The largest absolute Gasteiger partial charge is 0.340 e. The highest BCUT2D eigenvalue weighted by atomic mass is 16.5. The number of anilines is 1. The van der Waals surface area contributed by atoms with Crippen molar-refractivity contribution in [1.29, 1.82) is 0 Å².